The summed E-state index contributed by atoms with van der Waals surface area (Å²) in [6, 6.07) is 3.01. The van der Waals surface area contributed by atoms with E-state index in [2.05, 4.69) is 19.8 Å². The number of thiophene rings is 1. The number of aromatic nitrogens is 4. The first-order valence-electron chi connectivity index (χ1n) is 11.7. The van der Waals surface area contributed by atoms with Gasteiger partial charge in [-0.2, -0.15) is 5.10 Å². The van der Waals surface area contributed by atoms with Gasteiger partial charge in [-0.05, 0) is 25.1 Å². The predicted octanol–water partition coefficient (Wildman–Crippen LogP) is 2.97. The molecule has 1 unspecified atom stereocenters. The van der Waals surface area contributed by atoms with Crippen molar-refractivity contribution in [3.8, 4) is 5.75 Å². The highest BCUT2D eigenvalue weighted by molar-refractivity contribution is 7.92. The highest BCUT2D eigenvalue weighted by Gasteiger charge is 2.40. The number of amides is 2. The predicted molar refractivity (Wildman–Crippen MR) is 148 cm³/mol. The molecule has 1 N–H and O–H groups in total. The van der Waals surface area contributed by atoms with Crippen molar-refractivity contribution in [2.45, 2.75) is 19.4 Å². The fourth-order valence-corrected chi connectivity index (χ4v) is 6.94. The molecule has 212 valence electrons. The van der Waals surface area contributed by atoms with E-state index < -0.39 is 34.4 Å². The van der Waals surface area contributed by atoms with Crippen LogP contribution in [0.15, 0.2) is 18.2 Å². The van der Waals surface area contributed by atoms with Crippen LogP contribution in [0.3, 0.4) is 0 Å². The number of nitrogens with one attached hydrogen (secondary N) is 1. The van der Waals surface area contributed by atoms with Gasteiger partial charge in [-0.15, -0.1) is 11.3 Å². The molecule has 0 radical (unpaired) electrons. The largest absolute Gasteiger partial charge is 0.481 e. The molecule has 5 heterocycles. The number of hydrogen-bond donors (Lipinski definition) is 1. The summed E-state index contributed by atoms with van der Waals surface area (Å²) < 4.78 is 47.8. The molecule has 0 spiro atoms. The van der Waals surface area contributed by atoms with Crippen molar-refractivity contribution in [2.75, 3.05) is 38.2 Å². The third-order valence-corrected chi connectivity index (χ3v) is 8.76. The third kappa shape index (κ3) is 5.48. The Kier molecular flexibility index (Phi) is 7.45. The molecular formula is C23H23ClFN7O5S3. The minimum absolute atomic E-state index is 0.00523. The Morgan fingerprint density at radius 3 is 2.70 bits per heavy atom. The number of nitrogens with zero attached hydrogens (tertiary/aromatic N) is 6. The highest BCUT2D eigenvalue weighted by atomic mass is 35.5. The number of carbonyl (C=O) groups excluding carboxylic acids is 2. The number of carbonyl (C=O) groups is 2. The number of ether oxygens (including phenoxy) is 1. The molecule has 40 heavy (non-hydrogen) atoms. The Hall–Kier alpha value is -3.34. The summed E-state index contributed by atoms with van der Waals surface area (Å²) in [4.78, 5) is 38.6. The zero-order valence-electron chi connectivity index (χ0n) is 21.6. The molecule has 0 aliphatic carbocycles. The maximum absolute atomic E-state index is 15.5. The average molecular weight is 628 g/mol. The van der Waals surface area contributed by atoms with Crippen LogP contribution in [0.25, 0.3) is 4.96 Å². The quantitative estimate of drug-likeness (QED) is 0.309. The lowest BCUT2D eigenvalue weighted by atomic mass is 10.0. The Labute approximate surface area is 241 Å². The molecule has 4 aromatic heterocycles. The Balaban J connectivity index is 1.47. The van der Waals surface area contributed by atoms with E-state index >= 15 is 4.39 Å². The van der Waals surface area contributed by atoms with Gasteiger partial charge in [0.05, 0.1) is 27.4 Å². The van der Waals surface area contributed by atoms with Gasteiger partial charge in [-0.25, -0.2) is 27.3 Å². The third-order valence-electron chi connectivity index (χ3n) is 5.93. The van der Waals surface area contributed by atoms with Crippen molar-refractivity contribution in [1.29, 1.82) is 0 Å². The smallest absolute Gasteiger partial charge is 0.263 e. The van der Waals surface area contributed by atoms with Gasteiger partial charge in [0.15, 0.2) is 17.5 Å². The van der Waals surface area contributed by atoms with Crippen molar-refractivity contribution in [2.24, 2.45) is 0 Å². The van der Waals surface area contributed by atoms with Crippen molar-refractivity contribution in [3.05, 3.63) is 55.3 Å². The Morgan fingerprint density at radius 2 is 2.02 bits per heavy atom. The van der Waals surface area contributed by atoms with E-state index in [1.165, 1.54) is 39.3 Å². The van der Waals surface area contributed by atoms with Crippen LogP contribution in [-0.2, 0) is 21.2 Å². The van der Waals surface area contributed by atoms with Crippen molar-refractivity contribution in [1.82, 2.24) is 29.4 Å². The van der Waals surface area contributed by atoms with E-state index in [1.807, 2.05) is 6.92 Å². The molecular weight excluding hydrogens is 605 g/mol. The molecule has 4 aromatic rings. The van der Waals surface area contributed by atoms with E-state index in [0.717, 1.165) is 22.6 Å². The van der Waals surface area contributed by atoms with Crippen LogP contribution in [0.2, 0.25) is 5.15 Å². The monoisotopic (exact) mass is 627 g/mol. The van der Waals surface area contributed by atoms with Crippen LogP contribution in [0, 0.1) is 12.7 Å². The van der Waals surface area contributed by atoms with Gasteiger partial charge in [0, 0.05) is 27.1 Å². The summed E-state index contributed by atoms with van der Waals surface area (Å²) in [7, 11) is -0.409. The minimum atomic E-state index is -3.56. The lowest BCUT2D eigenvalue weighted by molar-refractivity contribution is -0.135. The summed E-state index contributed by atoms with van der Waals surface area (Å²) >= 11 is 8.51. The number of aryl methyl sites for hydroxylation is 1. The molecule has 5 rings (SSSR count). The number of halogens is 2. The van der Waals surface area contributed by atoms with Crippen LogP contribution in [-0.4, -0.2) is 83.1 Å². The van der Waals surface area contributed by atoms with Gasteiger partial charge in [-0.1, -0.05) is 22.9 Å². The summed E-state index contributed by atoms with van der Waals surface area (Å²) in [5, 5.41) is 5.13. The molecule has 0 bridgehead atoms. The first-order valence-corrected chi connectivity index (χ1v) is 15.6. The SMILES string of the molecule is Cc1nn2c3c(nc2s1)CCN(C(=O)COc1ccc(NS(C)(=O)=O)nc1Cl)C3c1sc(C(=O)N(C)C)cc1F. The van der Waals surface area contributed by atoms with Crippen LogP contribution < -0.4 is 9.46 Å². The zero-order chi connectivity index (χ0) is 28.9. The molecule has 2 amide bonds. The number of anilines is 1. The second kappa shape index (κ2) is 10.6. The van der Waals surface area contributed by atoms with E-state index in [4.69, 9.17) is 16.3 Å². The number of fused-ring (bicyclic) bond motifs is 3. The molecule has 0 saturated carbocycles. The van der Waals surface area contributed by atoms with Crippen molar-refractivity contribution in [3.63, 3.8) is 0 Å². The maximum atomic E-state index is 15.5. The summed E-state index contributed by atoms with van der Waals surface area (Å²) in [5.74, 6) is -1.39. The van der Waals surface area contributed by atoms with Gasteiger partial charge in [-0.3, -0.25) is 14.3 Å². The number of hydrogen-bond acceptors (Lipinski definition) is 10. The topological polar surface area (TPSA) is 139 Å². The van der Waals surface area contributed by atoms with Crippen molar-refractivity contribution < 1.29 is 27.1 Å². The fourth-order valence-electron chi connectivity index (χ4n) is 4.29. The van der Waals surface area contributed by atoms with E-state index in [0.29, 0.717) is 22.8 Å². The van der Waals surface area contributed by atoms with Crippen LogP contribution in [0.5, 0.6) is 5.75 Å². The molecule has 1 aliphatic heterocycles. The summed E-state index contributed by atoms with van der Waals surface area (Å²) in [6.45, 7) is 1.59. The van der Waals surface area contributed by atoms with Gasteiger partial charge in [0.25, 0.3) is 11.8 Å². The molecule has 1 aliphatic rings. The first kappa shape index (κ1) is 28.2. The molecule has 1 atom stereocenters. The molecule has 17 heteroatoms. The molecule has 0 aromatic carbocycles. The van der Waals surface area contributed by atoms with E-state index in [-0.39, 0.29) is 38.9 Å². The molecule has 0 saturated heterocycles. The summed E-state index contributed by atoms with van der Waals surface area (Å²) in [6.07, 6.45) is 1.39. The number of imidazole rings is 1. The van der Waals surface area contributed by atoms with Crippen LogP contribution in [0.1, 0.15) is 37.0 Å². The number of pyridine rings is 1. The number of rotatable bonds is 7. The average Bonchev–Trinajstić information content (AvgIpc) is 3.52. The molecule has 12 nitrogen and oxygen atoms in total. The van der Waals surface area contributed by atoms with Gasteiger partial charge in [0.2, 0.25) is 15.0 Å². The van der Waals surface area contributed by atoms with Crippen molar-refractivity contribution >= 4 is 66.9 Å². The summed E-state index contributed by atoms with van der Waals surface area (Å²) in [5.41, 5.74) is 1.25. The van der Waals surface area contributed by atoms with E-state index in [1.54, 1.807) is 18.6 Å². The normalized spacial score (nSPS) is 15.2. The Bertz CT molecular complexity index is 1750. The fraction of sp³-hybridized carbons (Fsp3) is 0.348. The maximum Gasteiger partial charge on any atom is 0.263 e. The van der Waals surface area contributed by atoms with Gasteiger partial charge in [0.1, 0.15) is 22.7 Å². The lowest BCUT2D eigenvalue weighted by Crippen LogP contribution is -2.43. The van der Waals surface area contributed by atoms with Gasteiger partial charge < -0.3 is 14.5 Å². The van der Waals surface area contributed by atoms with Crippen LogP contribution in [0.4, 0.5) is 10.2 Å². The van der Waals surface area contributed by atoms with E-state index in [9.17, 15) is 18.0 Å². The first-order chi connectivity index (χ1) is 18.8. The second-order valence-corrected chi connectivity index (χ2v) is 13.5. The lowest BCUT2D eigenvalue weighted by Gasteiger charge is -2.34. The highest BCUT2D eigenvalue weighted by Crippen LogP contribution is 2.41. The van der Waals surface area contributed by atoms with Crippen LogP contribution >= 0.6 is 34.3 Å². The molecule has 0 fully saturated rings. The Morgan fingerprint density at radius 1 is 1.27 bits per heavy atom. The standard InChI is InChI=1S/C23H23ClFN7O5S3/c1-11-28-32-18-13(26-23(32)38-11)7-8-31(19(18)20-12(25)9-15(39-20)22(34)30(2)3)17(33)10-37-14-5-6-16(27-21(14)24)29-40(4,35)36/h5-6,9,19H,7-8,10H2,1-4H3,(H,27,29). The second-order valence-electron chi connectivity index (χ2n) is 9.17. The minimum Gasteiger partial charge on any atom is -0.481 e. The number of sulfonamides is 1. The zero-order valence-corrected chi connectivity index (χ0v) is 24.8. The van der Waals surface area contributed by atoms with Gasteiger partial charge >= 0.3 is 0 Å².